The highest BCUT2D eigenvalue weighted by atomic mass is 16.5. The van der Waals surface area contributed by atoms with Gasteiger partial charge in [-0.15, -0.1) is 0 Å². The molecule has 0 bridgehead atoms. The van der Waals surface area contributed by atoms with Crippen molar-refractivity contribution >= 4 is 11.9 Å². The molecule has 0 unspecified atom stereocenters. The number of hydrogen-bond donors (Lipinski definition) is 0. The van der Waals surface area contributed by atoms with Gasteiger partial charge in [-0.3, -0.25) is 4.79 Å². The van der Waals surface area contributed by atoms with Crippen LogP contribution in [0.15, 0.2) is 48.5 Å². The first-order chi connectivity index (χ1) is 14.7. The molecule has 1 amide bonds. The van der Waals surface area contributed by atoms with Crippen LogP contribution in [0.1, 0.15) is 69.1 Å². The SMILES string of the molecule is CC(C)c1ccc(CC(=O)N2CCC[C@@H](c3cccc(OC(C)(C)C(=O)[O-])c3)C2)cc1. The molecule has 5 heteroatoms. The van der Waals surface area contributed by atoms with Gasteiger partial charge in [0.05, 0.1) is 12.4 Å². The number of benzene rings is 2. The fraction of sp³-hybridized carbons (Fsp3) is 0.462. The minimum Gasteiger partial charge on any atom is -0.546 e. The van der Waals surface area contributed by atoms with E-state index in [1.807, 2.05) is 23.1 Å². The summed E-state index contributed by atoms with van der Waals surface area (Å²) in [6, 6.07) is 15.8. The van der Waals surface area contributed by atoms with Gasteiger partial charge in [-0.2, -0.15) is 0 Å². The molecule has 0 aliphatic carbocycles. The van der Waals surface area contributed by atoms with Crippen LogP contribution in [0, 0.1) is 0 Å². The van der Waals surface area contributed by atoms with Crippen molar-refractivity contribution in [2.75, 3.05) is 13.1 Å². The van der Waals surface area contributed by atoms with Gasteiger partial charge in [0.25, 0.3) is 0 Å². The van der Waals surface area contributed by atoms with Crippen molar-refractivity contribution in [2.24, 2.45) is 0 Å². The third-order valence-corrected chi connectivity index (χ3v) is 5.97. The van der Waals surface area contributed by atoms with Gasteiger partial charge in [0.1, 0.15) is 11.4 Å². The second-order valence-electron chi connectivity index (χ2n) is 9.22. The summed E-state index contributed by atoms with van der Waals surface area (Å²) < 4.78 is 5.63. The zero-order chi connectivity index (χ0) is 22.6. The van der Waals surface area contributed by atoms with E-state index < -0.39 is 11.6 Å². The Hall–Kier alpha value is -2.82. The van der Waals surface area contributed by atoms with E-state index >= 15 is 0 Å². The molecule has 0 N–H and O–H groups in total. The predicted molar refractivity (Wildman–Crippen MR) is 119 cm³/mol. The van der Waals surface area contributed by atoms with Gasteiger partial charge < -0.3 is 19.5 Å². The van der Waals surface area contributed by atoms with Crippen molar-refractivity contribution in [3.05, 3.63) is 65.2 Å². The summed E-state index contributed by atoms with van der Waals surface area (Å²) >= 11 is 0. The van der Waals surface area contributed by atoms with Gasteiger partial charge in [-0.25, -0.2) is 0 Å². The fourth-order valence-corrected chi connectivity index (χ4v) is 3.95. The van der Waals surface area contributed by atoms with Crippen molar-refractivity contribution in [1.82, 2.24) is 4.90 Å². The molecule has 1 aliphatic rings. The third-order valence-electron chi connectivity index (χ3n) is 5.97. The van der Waals surface area contributed by atoms with Crippen molar-refractivity contribution in [2.45, 2.75) is 64.4 Å². The Kier molecular flexibility index (Phi) is 7.04. The van der Waals surface area contributed by atoms with Crippen molar-refractivity contribution < 1.29 is 19.4 Å². The first-order valence-electron chi connectivity index (χ1n) is 11.0. The number of carboxylic acids is 1. The van der Waals surface area contributed by atoms with Crippen LogP contribution in [0.4, 0.5) is 0 Å². The summed E-state index contributed by atoms with van der Waals surface area (Å²) in [5.74, 6) is 0.0713. The minimum atomic E-state index is -1.40. The molecule has 2 aromatic rings. The molecule has 1 aliphatic heterocycles. The topological polar surface area (TPSA) is 69.7 Å². The Morgan fingerprint density at radius 3 is 2.52 bits per heavy atom. The van der Waals surface area contributed by atoms with Crippen LogP contribution in [0.5, 0.6) is 5.75 Å². The normalized spacial score (nSPS) is 16.9. The standard InChI is InChI=1S/C26H33NO4/c1-18(2)20-12-10-19(11-13-20)15-24(28)27-14-6-8-22(17-27)21-7-5-9-23(16-21)31-26(3,4)25(29)30/h5,7,9-13,16,18,22H,6,8,14-15,17H2,1-4H3,(H,29,30)/p-1/t22-/m1/s1. The number of rotatable bonds is 7. The van der Waals surface area contributed by atoms with Crippen LogP contribution in [0.3, 0.4) is 0 Å². The van der Waals surface area contributed by atoms with E-state index in [2.05, 4.69) is 38.1 Å². The number of carbonyl (C=O) groups is 2. The number of amides is 1. The van der Waals surface area contributed by atoms with Crippen molar-refractivity contribution in [1.29, 1.82) is 0 Å². The van der Waals surface area contributed by atoms with Gasteiger partial charge in [-0.1, -0.05) is 50.2 Å². The number of hydrogen-bond acceptors (Lipinski definition) is 4. The third kappa shape index (κ3) is 5.87. The number of carbonyl (C=O) groups excluding carboxylic acids is 2. The largest absolute Gasteiger partial charge is 0.546 e. The molecule has 1 heterocycles. The molecule has 0 spiro atoms. The van der Waals surface area contributed by atoms with E-state index in [9.17, 15) is 14.7 Å². The second kappa shape index (κ2) is 9.54. The van der Waals surface area contributed by atoms with E-state index in [1.54, 1.807) is 6.07 Å². The number of ether oxygens (including phenoxy) is 1. The van der Waals surface area contributed by atoms with E-state index in [0.717, 1.165) is 30.5 Å². The highest BCUT2D eigenvalue weighted by Crippen LogP contribution is 2.30. The highest BCUT2D eigenvalue weighted by molar-refractivity contribution is 5.79. The zero-order valence-corrected chi connectivity index (χ0v) is 18.9. The molecular formula is C26H32NO4-. The lowest BCUT2D eigenvalue weighted by molar-refractivity contribution is -0.320. The summed E-state index contributed by atoms with van der Waals surface area (Å²) in [6.07, 6.45) is 2.34. The number of nitrogens with zero attached hydrogens (tertiary/aromatic N) is 1. The van der Waals surface area contributed by atoms with Crippen molar-refractivity contribution in [3.63, 3.8) is 0 Å². The second-order valence-corrected chi connectivity index (χ2v) is 9.22. The molecule has 31 heavy (non-hydrogen) atoms. The summed E-state index contributed by atoms with van der Waals surface area (Å²) in [6.45, 7) is 8.71. The van der Waals surface area contributed by atoms with Crippen LogP contribution in [-0.2, 0) is 16.0 Å². The quantitative estimate of drug-likeness (QED) is 0.683. The predicted octanol–water partition coefficient (Wildman–Crippen LogP) is 3.67. The molecule has 166 valence electrons. The maximum atomic E-state index is 12.9. The number of aliphatic carboxylic acids is 1. The average molecular weight is 423 g/mol. The Morgan fingerprint density at radius 1 is 1.16 bits per heavy atom. The first-order valence-corrected chi connectivity index (χ1v) is 11.0. The van der Waals surface area contributed by atoms with Gasteiger partial charge in [0.15, 0.2) is 0 Å². The van der Waals surface area contributed by atoms with Crippen LogP contribution in [0.2, 0.25) is 0 Å². The van der Waals surface area contributed by atoms with Crippen LogP contribution in [-0.4, -0.2) is 35.5 Å². The molecule has 1 fully saturated rings. The van der Waals surface area contributed by atoms with E-state index in [-0.39, 0.29) is 11.8 Å². The molecule has 0 aromatic heterocycles. The molecule has 1 saturated heterocycles. The lowest BCUT2D eigenvalue weighted by Crippen LogP contribution is -2.47. The Bertz CT molecular complexity index is 917. The average Bonchev–Trinajstić information content (AvgIpc) is 2.74. The maximum absolute atomic E-state index is 12.9. The smallest absolute Gasteiger partial charge is 0.227 e. The van der Waals surface area contributed by atoms with Crippen LogP contribution < -0.4 is 9.84 Å². The first kappa shape index (κ1) is 22.9. The van der Waals surface area contributed by atoms with Gasteiger partial charge >= 0.3 is 0 Å². The Labute approximate surface area is 185 Å². The number of carboxylic acid groups (broad SMARTS) is 1. The molecule has 2 aromatic carbocycles. The van der Waals surface area contributed by atoms with E-state index in [0.29, 0.717) is 24.6 Å². The van der Waals surface area contributed by atoms with E-state index in [1.165, 1.54) is 19.4 Å². The summed E-state index contributed by atoms with van der Waals surface area (Å²) in [7, 11) is 0. The Morgan fingerprint density at radius 2 is 1.87 bits per heavy atom. The lowest BCUT2D eigenvalue weighted by Gasteiger charge is -2.33. The fourth-order valence-electron chi connectivity index (χ4n) is 3.95. The van der Waals surface area contributed by atoms with Gasteiger partial charge in [-0.05, 0) is 61.4 Å². The monoisotopic (exact) mass is 422 g/mol. The molecule has 1 atom stereocenters. The molecule has 5 nitrogen and oxygen atoms in total. The summed E-state index contributed by atoms with van der Waals surface area (Å²) in [4.78, 5) is 26.1. The molecular weight excluding hydrogens is 390 g/mol. The number of piperidine rings is 1. The molecule has 3 rings (SSSR count). The van der Waals surface area contributed by atoms with Crippen molar-refractivity contribution in [3.8, 4) is 5.75 Å². The van der Waals surface area contributed by atoms with E-state index in [4.69, 9.17) is 4.74 Å². The van der Waals surface area contributed by atoms with Crippen LogP contribution >= 0.6 is 0 Å². The molecule has 0 radical (unpaired) electrons. The van der Waals surface area contributed by atoms with Gasteiger partial charge in [0, 0.05) is 19.0 Å². The maximum Gasteiger partial charge on any atom is 0.227 e. The highest BCUT2D eigenvalue weighted by Gasteiger charge is 2.26. The number of likely N-dealkylation sites (tertiary alicyclic amines) is 1. The lowest BCUT2D eigenvalue weighted by atomic mass is 9.90. The zero-order valence-electron chi connectivity index (χ0n) is 18.9. The van der Waals surface area contributed by atoms with Gasteiger partial charge in [0.2, 0.25) is 5.91 Å². The molecule has 0 saturated carbocycles. The minimum absolute atomic E-state index is 0.146. The Balaban J connectivity index is 1.65. The summed E-state index contributed by atoms with van der Waals surface area (Å²) in [5.41, 5.74) is 1.97. The summed E-state index contributed by atoms with van der Waals surface area (Å²) in [5, 5.41) is 11.3. The van der Waals surface area contributed by atoms with Crippen LogP contribution in [0.25, 0.3) is 0 Å².